The zero-order chi connectivity index (χ0) is 32.8. The summed E-state index contributed by atoms with van der Waals surface area (Å²) in [6.07, 6.45) is 0.659. The van der Waals surface area contributed by atoms with Gasteiger partial charge in [0.1, 0.15) is 35.7 Å². The second-order valence-corrected chi connectivity index (χ2v) is 15.6. The van der Waals surface area contributed by atoms with Gasteiger partial charge in [-0.2, -0.15) is 0 Å². The Balaban J connectivity index is 1.37. The Kier molecular flexibility index (Phi) is 7.20. The van der Waals surface area contributed by atoms with E-state index in [0.717, 1.165) is 0 Å². The number of halogens is 1. The van der Waals surface area contributed by atoms with Crippen molar-refractivity contribution in [3.05, 3.63) is 23.9 Å². The maximum absolute atomic E-state index is 15.3. The summed E-state index contributed by atoms with van der Waals surface area (Å²) in [6, 6.07) is 0.163. The number of nitrogens with two attached hydrogens (primary N) is 1. The second kappa shape index (κ2) is 10.4. The lowest BCUT2D eigenvalue weighted by molar-refractivity contribution is -0.150. The molecule has 244 valence electrons. The number of hydrogen-bond acceptors (Lipinski definition) is 7. The van der Waals surface area contributed by atoms with E-state index >= 15 is 4.39 Å². The fourth-order valence-electron chi connectivity index (χ4n) is 8.65. The number of carbonyl (C=O) groups is 5. The van der Waals surface area contributed by atoms with E-state index in [2.05, 4.69) is 15.6 Å². The molecule has 0 unspecified atom stereocenters. The highest BCUT2D eigenvalue weighted by Gasteiger charge is 2.66. The Morgan fingerprint density at radius 1 is 1.13 bits per heavy atom. The van der Waals surface area contributed by atoms with Crippen molar-refractivity contribution >= 4 is 35.5 Å². The monoisotopic (exact) mass is 626 g/mol. The molecule has 0 radical (unpaired) electrons. The van der Waals surface area contributed by atoms with Crippen LogP contribution in [0.15, 0.2) is 18.3 Å². The molecule has 4 N–H and O–H groups in total. The van der Waals surface area contributed by atoms with Crippen LogP contribution in [0.1, 0.15) is 66.4 Å². The number of fused-ring (bicyclic) bond motifs is 7. The van der Waals surface area contributed by atoms with Crippen molar-refractivity contribution in [2.75, 3.05) is 18.4 Å². The summed E-state index contributed by atoms with van der Waals surface area (Å²) in [5.74, 6) is -2.76. The van der Waals surface area contributed by atoms with Crippen LogP contribution in [0.5, 0.6) is 0 Å². The van der Waals surface area contributed by atoms with Crippen molar-refractivity contribution in [2.45, 2.75) is 96.1 Å². The number of likely N-dealkylation sites (tertiary alicyclic amines) is 2. The SMILES string of the molecule is CC(C)(C)OC(=O)N[C@H](C(=O)N1C[C@@H]2[C@H]3C[C@@H]([C@@H]2[C@H]1C(=O)N1C[C@]2(C[C@H]1C(N)=O)C(=O)Nc1ncccc12)[C@H](F)C3)C(C)(C)C. The zero-order valence-electron chi connectivity index (χ0n) is 26.6. The van der Waals surface area contributed by atoms with E-state index in [-0.39, 0.29) is 37.3 Å². The molecule has 5 aliphatic rings. The van der Waals surface area contributed by atoms with Crippen LogP contribution in [0, 0.1) is 29.1 Å². The van der Waals surface area contributed by atoms with E-state index < -0.39 is 76.4 Å². The molecule has 45 heavy (non-hydrogen) atoms. The molecule has 5 amide bonds. The Hall–Kier alpha value is -3.77. The molecule has 2 bridgehead atoms. The van der Waals surface area contributed by atoms with Gasteiger partial charge in [0.2, 0.25) is 23.6 Å². The lowest BCUT2D eigenvalue weighted by Crippen LogP contribution is -2.60. The summed E-state index contributed by atoms with van der Waals surface area (Å²) < 4.78 is 20.8. The van der Waals surface area contributed by atoms with Gasteiger partial charge in [-0.05, 0) is 75.2 Å². The first-order valence-corrected chi connectivity index (χ1v) is 15.7. The summed E-state index contributed by atoms with van der Waals surface area (Å²) >= 11 is 0. The number of alkyl carbamates (subject to hydrolysis) is 1. The number of carbonyl (C=O) groups excluding carboxylic acids is 5. The third kappa shape index (κ3) is 5.02. The number of nitrogens with one attached hydrogen (secondary N) is 2. The fourth-order valence-corrected chi connectivity index (χ4v) is 8.65. The number of hydrogen-bond donors (Lipinski definition) is 3. The Morgan fingerprint density at radius 2 is 1.84 bits per heavy atom. The molecule has 3 aliphatic heterocycles. The predicted molar refractivity (Wildman–Crippen MR) is 160 cm³/mol. The van der Waals surface area contributed by atoms with Crippen molar-refractivity contribution in [1.82, 2.24) is 20.1 Å². The lowest BCUT2D eigenvalue weighted by Gasteiger charge is -2.39. The van der Waals surface area contributed by atoms with Gasteiger partial charge in [0.25, 0.3) is 0 Å². The molecule has 2 saturated carbocycles. The van der Waals surface area contributed by atoms with Gasteiger partial charge in [-0.25, -0.2) is 14.2 Å². The summed E-state index contributed by atoms with van der Waals surface area (Å²) in [6.45, 7) is 10.7. The van der Waals surface area contributed by atoms with Crippen molar-refractivity contribution in [3.63, 3.8) is 0 Å². The fraction of sp³-hybridized carbons (Fsp3) is 0.688. The van der Waals surface area contributed by atoms with Crippen molar-refractivity contribution < 1.29 is 33.1 Å². The Bertz CT molecular complexity index is 1460. The first kappa shape index (κ1) is 31.2. The smallest absolute Gasteiger partial charge is 0.408 e. The van der Waals surface area contributed by atoms with Gasteiger partial charge < -0.3 is 30.9 Å². The summed E-state index contributed by atoms with van der Waals surface area (Å²) in [7, 11) is 0. The van der Waals surface area contributed by atoms with Crippen LogP contribution >= 0.6 is 0 Å². The molecule has 4 fully saturated rings. The van der Waals surface area contributed by atoms with Crippen molar-refractivity contribution in [1.29, 1.82) is 0 Å². The van der Waals surface area contributed by atoms with Crippen LogP contribution < -0.4 is 16.4 Å². The summed E-state index contributed by atoms with van der Waals surface area (Å²) in [5.41, 5.74) is 3.62. The largest absolute Gasteiger partial charge is 0.444 e. The van der Waals surface area contributed by atoms with Crippen LogP contribution in [0.4, 0.5) is 15.0 Å². The molecule has 1 aromatic heterocycles. The molecule has 2 saturated heterocycles. The number of rotatable bonds is 4. The highest BCUT2D eigenvalue weighted by atomic mass is 19.1. The van der Waals surface area contributed by atoms with Gasteiger partial charge in [-0.1, -0.05) is 26.8 Å². The molecule has 9 atom stereocenters. The molecule has 13 heteroatoms. The second-order valence-electron chi connectivity index (χ2n) is 15.6. The zero-order valence-corrected chi connectivity index (χ0v) is 26.6. The number of amides is 5. The van der Waals surface area contributed by atoms with Gasteiger partial charge in [0, 0.05) is 24.8 Å². The summed E-state index contributed by atoms with van der Waals surface area (Å²) in [5, 5.41) is 5.50. The first-order chi connectivity index (χ1) is 20.9. The van der Waals surface area contributed by atoms with Gasteiger partial charge in [0.15, 0.2) is 0 Å². The van der Waals surface area contributed by atoms with E-state index in [0.29, 0.717) is 24.2 Å². The van der Waals surface area contributed by atoms with E-state index in [1.165, 1.54) is 9.80 Å². The number of primary amides is 1. The Morgan fingerprint density at radius 3 is 2.49 bits per heavy atom. The van der Waals surface area contributed by atoms with E-state index in [1.54, 1.807) is 59.9 Å². The lowest BCUT2D eigenvalue weighted by atomic mass is 9.77. The molecule has 1 spiro atoms. The highest BCUT2D eigenvalue weighted by Crippen LogP contribution is 2.59. The van der Waals surface area contributed by atoms with Crippen molar-refractivity contribution in [3.8, 4) is 0 Å². The van der Waals surface area contributed by atoms with Gasteiger partial charge >= 0.3 is 6.09 Å². The Labute approximate surface area is 262 Å². The molecule has 12 nitrogen and oxygen atoms in total. The maximum Gasteiger partial charge on any atom is 0.408 e. The average Bonchev–Trinajstić information content (AvgIpc) is 3.72. The van der Waals surface area contributed by atoms with Crippen LogP contribution in [0.25, 0.3) is 0 Å². The van der Waals surface area contributed by atoms with Crippen LogP contribution in [-0.4, -0.2) is 87.5 Å². The molecule has 6 rings (SSSR count). The number of nitrogens with zero attached hydrogens (tertiary/aromatic N) is 3. The number of aromatic nitrogens is 1. The van der Waals surface area contributed by atoms with E-state index in [1.807, 2.05) is 0 Å². The third-order valence-corrected chi connectivity index (χ3v) is 10.5. The topological polar surface area (TPSA) is 164 Å². The molecular weight excluding hydrogens is 583 g/mol. The molecule has 0 aromatic carbocycles. The van der Waals surface area contributed by atoms with E-state index in [4.69, 9.17) is 10.5 Å². The highest BCUT2D eigenvalue weighted by molar-refractivity contribution is 6.07. The van der Waals surface area contributed by atoms with Gasteiger partial charge in [0.05, 0.1) is 5.41 Å². The van der Waals surface area contributed by atoms with E-state index in [9.17, 15) is 24.0 Å². The average molecular weight is 627 g/mol. The number of pyridine rings is 1. The minimum absolute atomic E-state index is 0.0189. The first-order valence-electron chi connectivity index (χ1n) is 15.7. The standard InChI is InChI=1S/C32H43FN6O6/c1-30(2,3)23(36-29(44)45-31(4,5)6)27(42)38-13-17-15-10-16(19(33)11-15)21(17)22(38)26(41)39-14-32(12-20(39)24(34)40)18-8-7-9-35-25(18)37-28(32)43/h7-9,15-17,19-23H,10-14H2,1-6H3,(H2,34,40)(H,36,44)(H,35,37,43)/t15-,16+,17+,19+,20-,21-,22-,23+,32-/m0/s1. The summed E-state index contributed by atoms with van der Waals surface area (Å²) in [4.78, 5) is 75.5. The normalized spacial score (nSPS) is 34.0. The van der Waals surface area contributed by atoms with Crippen LogP contribution in [0.2, 0.25) is 0 Å². The maximum atomic E-state index is 15.3. The van der Waals surface area contributed by atoms with Crippen LogP contribution in [0.3, 0.4) is 0 Å². The molecule has 1 aromatic rings. The quantitative estimate of drug-likeness (QED) is 0.461. The number of ether oxygens (including phenoxy) is 1. The molecular formula is C32H43FN6O6. The number of alkyl halides is 1. The van der Waals surface area contributed by atoms with Gasteiger partial charge in [-0.15, -0.1) is 0 Å². The molecule has 2 aliphatic carbocycles. The molecule has 4 heterocycles. The predicted octanol–water partition coefficient (Wildman–Crippen LogP) is 2.12. The van der Waals surface area contributed by atoms with Crippen LogP contribution in [-0.2, 0) is 29.3 Å². The number of anilines is 1. The minimum atomic E-state index is -1.24. The minimum Gasteiger partial charge on any atom is -0.444 e. The van der Waals surface area contributed by atoms with Crippen molar-refractivity contribution in [2.24, 2.45) is 34.8 Å². The van der Waals surface area contributed by atoms with Gasteiger partial charge in [-0.3, -0.25) is 19.2 Å². The third-order valence-electron chi connectivity index (χ3n) is 10.5.